The summed E-state index contributed by atoms with van der Waals surface area (Å²) in [6.07, 6.45) is 3.01. The normalized spacial score (nSPS) is 10.1. The van der Waals surface area contributed by atoms with Gasteiger partial charge in [-0.2, -0.15) is 0 Å². The van der Waals surface area contributed by atoms with Gasteiger partial charge in [-0.25, -0.2) is 0 Å². The number of unbranched alkanes of at least 4 members (excludes halogenated alkanes) is 2. The van der Waals surface area contributed by atoms with Gasteiger partial charge in [0.2, 0.25) is 5.91 Å². The van der Waals surface area contributed by atoms with Crippen LogP contribution in [0.25, 0.3) is 0 Å². The highest BCUT2D eigenvalue weighted by molar-refractivity contribution is 5.72. The molecule has 5 nitrogen and oxygen atoms in total. The maximum Gasteiger partial charge on any atom is 0.306 e. The topological polar surface area (TPSA) is 58.6 Å². The molecule has 1 amide bonds. The van der Waals surface area contributed by atoms with Crippen LogP contribution in [0.2, 0.25) is 0 Å². The molecule has 0 unspecified atom stereocenters. The first-order valence-corrected chi connectivity index (χ1v) is 7.65. The molecular formula is C17H26N2O3. The number of carbonyl (C=O) groups is 2. The van der Waals surface area contributed by atoms with Crippen molar-refractivity contribution in [2.75, 3.05) is 25.5 Å². The van der Waals surface area contributed by atoms with Gasteiger partial charge < -0.3 is 15.0 Å². The summed E-state index contributed by atoms with van der Waals surface area (Å²) in [6, 6.07) is 7.94. The lowest BCUT2D eigenvalue weighted by atomic mass is 10.2. The summed E-state index contributed by atoms with van der Waals surface area (Å²) in [6.45, 7) is 2.48. The molecule has 0 saturated carbocycles. The summed E-state index contributed by atoms with van der Waals surface area (Å²) in [5, 5.41) is 2.74. The maximum atomic E-state index is 11.7. The minimum atomic E-state index is -0.171. The summed E-state index contributed by atoms with van der Waals surface area (Å²) in [5.41, 5.74) is 2.08. The number of ether oxygens (including phenoxy) is 1. The lowest BCUT2D eigenvalue weighted by Gasteiger charge is -2.13. The SMILES string of the molecule is CC(=O)NCCCCCC(=O)OCc1cccc(N(C)C)c1. The molecule has 0 heterocycles. The Kier molecular flexibility index (Phi) is 8.04. The average Bonchev–Trinajstić information content (AvgIpc) is 2.48. The minimum absolute atomic E-state index is 0.0145. The van der Waals surface area contributed by atoms with Gasteiger partial charge in [-0.3, -0.25) is 9.59 Å². The van der Waals surface area contributed by atoms with E-state index in [1.807, 2.05) is 43.3 Å². The standard InChI is InChI=1S/C17H26N2O3/c1-14(20)18-11-6-4-5-10-17(21)22-13-15-8-7-9-16(12-15)19(2)3/h7-9,12H,4-6,10-11,13H2,1-3H3,(H,18,20). The quantitative estimate of drug-likeness (QED) is 0.562. The van der Waals surface area contributed by atoms with Crippen molar-refractivity contribution >= 4 is 17.6 Å². The minimum Gasteiger partial charge on any atom is -0.461 e. The van der Waals surface area contributed by atoms with Gasteiger partial charge in [0.05, 0.1) is 0 Å². The van der Waals surface area contributed by atoms with Crippen LogP contribution in [0.3, 0.4) is 0 Å². The molecule has 22 heavy (non-hydrogen) atoms. The molecule has 0 spiro atoms. The Balaban J connectivity index is 2.18. The zero-order chi connectivity index (χ0) is 16.4. The predicted molar refractivity (Wildman–Crippen MR) is 87.7 cm³/mol. The first kappa shape index (κ1) is 18.0. The zero-order valence-electron chi connectivity index (χ0n) is 13.7. The van der Waals surface area contributed by atoms with Crippen LogP contribution in [-0.2, 0) is 20.9 Å². The second kappa shape index (κ2) is 9.82. The van der Waals surface area contributed by atoms with E-state index < -0.39 is 0 Å². The lowest BCUT2D eigenvalue weighted by molar-refractivity contribution is -0.145. The molecule has 0 saturated heterocycles. The van der Waals surface area contributed by atoms with Crippen molar-refractivity contribution in [1.29, 1.82) is 0 Å². The number of rotatable bonds is 9. The summed E-state index contributed by atoms with van der Waals surface area (Å²) >= 11 is 0. The Morgan fingerprint density at radius 1 is 1.18 bits per heavy atom. The van der Waals surface area contributed by atoms with E-state index in [0.29, 0.717) is 19.6 Å². The molecule has 1 N–H and O–H groups in total. The van der Waals surface area contributed by atoms with Crippen molar-refractivity contribution in [3.63, 3.8) is 0 Å². The fraction of sp³-hybridized carbons (Fsp3) is 0.529. The predicted octanol–water partition coefficient (Wildman–Crippen LogP) is 2.49. The van der Waals surface area contributed by atoms with Gasteiger partial charge in [0.1, 0.15) is 6.61 Å². The number of benzene rings is 1. The molecule has 0 fully saturated rings. The summed E-state index contributed by atoms with van der Waals surface area (Å²) in [4.78, 5) is 24.4. The van der Waals surface area contributed by atoms with Gasteiger partial charge in [0.25, 0.3) is 0 Å². The zero-order valence-corrected chi connectivity index (χ0v) is 13.7. The van der Waals surface area contributed by atoms with Gasteiger partial charge in [0.15, 0.2) is 0 Å². The van der Waals surface area contributed by atoms with Crippen LogP contribution in [0.4, 0.5) is 5.69 Å². The second-order valence-electron chi connectivity index (χ2n) is 5.52. The first-order chi connectivity index (χ1) is 10.5. The third-order valence-corrected chi connectivity index (χ3v) is 3.26. The highest BCUT2D eigenvalue weighted by atomic mass is 16.5. The molecule has 1 rings (SSSR count). The van der Waals surface area contributed by atoms with Crippen molar-refractivity contribution in [3.05, 3.63) is 29.8 Å². The van der Waals surface area contributed by atoms with Gasteiger partial charge in [-0.15, -0.1) is 0 Å². The largest absolute Gasteiger partial charge is 0.461 e. The molecule has 0 bridgehead atoms. The number of hydrogen-bond donors (Lipinski definition) is 1. The van der Waals surface area contributed by atoms with Gasteiger partial charge >= 0.3 is 5.97 Å². The number of nitrogens with zero attached hydrogens (tertiary/aromatic N) is 1. The highest BCUT2D eigenvalue weighted by Crippen LogP contribution is 2.14. The fourth-order valence-electron chi connectivity index (χ4n) is 2.00. The molecule has 1 aromatic carbocycles. The second-order valence-corrected chi connectivity index (χ2v) is 5.52. The monoisotopic (exact) mass is 306 g/mol. The summed E-state index contributed by atoms with van der Waals surface area (Å²) < 4.78 is 5.28. The Morgan fingerprint density at radius 2 is 1.95 bits per heavy atom. The fourth-order valence-corrected chi connectivity index (χ4v) is 2.00. The van der Waals surface area contributed by atoms with E-state index >= 15 is 0 Å². The van der Waals surface area contributed by atoms with Crippen molar-refractivity contribution in [2.45, 2.75) is 39.2 Å². The number of esters is 1. The van der Waals surface area contributed by atoms with E-state index in [2.05, 4.69) is 5.32 Å². The highest BCUT2D eigenvalue weighted by Gasteiger charge is 2.04. The summed E-state index contributed by atoms with van der Waals surface area (Å²) in [7, 11) is 3.96. The Hall–Kier alpha value is -2.04. The van der Waals surface area contributed by atoms with Crippen molar-refractivity contribution in [3.8, 4) is 0 Å². The van der Waals surface area contributed by atoms with Gasteiger partial charge in [-0.05, 0) is 30.5 Å². The lowest BCUT2D eigenvalue weighted by Crippen LogP contribution is -2.20. The van der Waals surface area contributed by atoms with Crippen LogP contribution in [-0.4, -0.2) is 32.5 Å². The van der Waals surface area contributed by atoms with E-state index in [1.54, 1.807) is 0 Å². The van der Waals surface area contributed by atoms with E-state index in [-0.39, 0.29) is 11.9 Å². The molecule has 0 aliphatic rings. The molecule has 0 radical (unpaired) electrons. The Bertz CT molecular complexity index is 487. The molecule has 122 valence electrons. The third-order valence-electron chi connectivity index (χ3n) is 3.26. The molecule has 0 aromatic heterocycles. The van der Waals surface area contributed by atoms with Crippen molar-refractivity contribution < 1.29 is 14.3 Å². The van der Waals surface area contributed by atoms with Gasteiger partial charge in [-0.1, -0.05) is 18.6 Å². The van der Waals surface area contributed by atoms with E-state index in [0.717, 1.165) is 30.5 Å². The number of carbonyl (C=O) groups excluding carboxylic acids is 2. The van der Waals surface area contributed by atoms with E-state index in [4.69, 9.17) is 4.74 Å². The van der Waals surface area contributed by atoms with Crippen molar-refractivity contribution in [2.24, 2.45) is 0 Å². The smallest absolute Gasteiger partial charge is 0.306 e. The Labute approximate surface area is 132 Å². The number of anilines is 1. The van der Waals surface area contributed by atoms with E-state index in [1.165, 1.54) is 6.92 Å². The molecule has 0 aliphatic carbocycles. The molecule has 0 aliphatic heterocycles. The third kappa shape index (κ3) is 7.67. The van der Waals surface area contributed by atoms with Gasteiger partial charge in [0, 0.05) is 39.7 Å². The van der Waals surface area contributed by atoms with Crippen LogP contribution in [0.15, 0.2) is 24.3 Å². The average molecular weight is 306 g/mol. The molecule has 0 atom stereocenters. The molecule has 5 heteroatoms. The molecule has 1 aromatic rings. The van der Waals surface area contributed by atoms with Crippen LogP contribution < -0.4 is 10.2 Å². The van der Waals surface area contributed by atoms with Crippen LogP contribution in [0.5, 0.6) is 0 Å². The maximum absolute atomic E-state index is 11.7. The first-order valence-electron chi connectivity index (χ1n) is 7.65. The van der Waals surface area contributed by atoms with E-state index in [9.17, 15) is 9.59 Å². The van der Waals surface area contributed by atoms with Crippen LogP contribution in [0.1, 0.15) is 38.2 Å². The van der Waals surface area contributed by atoms with Crippen LogP contribution >= 0.6 is 0 Å². The number of hydrogen-bond acceptors (Lipinski definition) is 4. The Morgan fingerprint density at radius 3 is 2.64 bits per heavy atom. The number of nitrogens with one attached hydrogen (secondary N) is 1. The van der Waals surface area contributed by atoms with Crippen molar-refractivity contribution in [1.82, 2.24) is 5.32 Å². The van der Waals surface area contributed by atoms with Crippen LogP contribution in [0, 0.1) is 0 Å². The summed E-state index contributed by atoms with van der Waals surface area (Å²) in [5.74, 6) is -0.186. The number of amides is 1. The molecular weight excluding hydrogens is 280 g/mol.